The number of Topliss-reactive ketones (excluding diaryl/α,β-unsaturated/α-hetero) is 1. The molecule has 0 spiro atoms. The first-order chi connectivity index (χ1) is 10.7. The second-order valence-electron chi connectivity index (χ2n) is 7.86. The van der Waals surface area contributed by atoms with Crippen LogP contribution in [0.3, 0.4) is 0 Å². The van der Waals surface area contributed by atoms with E-state index >= 15 is 0 Å². The number of benzene rings is 1. The third-order valence-electron chi connectivity index (χ3n) is 4.16. The van der Waals surface area contributed by atoms with Crippen molar-refractivity contribution < 1.29 is 9.90 Å². The summed E-state index contributed by atoms with van der Waals surface area (Å²) in [5, 5.41) is 10.5. The second-order valence-corrected chi connectivity index (χ2v) is 7.86. The first-order valence-electron chi connectivity index (χ1n) is 9.12. The van der Waals surface area contributed by atoms with E-state index in [2.05, 4.69) is 41.5 Å². The zero-order chi connectivity index (χ0) is 17.6. The molecule has 0 aliphatic rings. The maximum atomic E-state index is 12.6. The lowest BCUT2D eigenvalue weighted by molar-refractivity contribution is 0.0962. The molecule has 2 nitrogen and oxygen atoms in total. The van der Waals surface area contributed by atoms with Gasteiger partial charge >= 0.3 is 0 Å². The van der Waals surface area contributed by atoms with E-state index in [-0.39, 0.29) is 5.78 Å². The zero-order valence-electron chi connectivity index (χ0n) is 15.8. The summed E-state index contributed by atoms with van der Waals surface area (Å²) >= 11 is 0. The summed E-state index contributed by atoms with van der Waals surface area (Å²) in [6.07, 6.45) is 4.41. The van der Waals surface area contributed by atoms with E-state index in [4.69, 9.17) is 0 Å². The lowest BCUT2D eigenvalue weighted by Crippen LogP contribution is -2.09. The normalized spacial score (nSPS) is 12.9. The van der Waals surface area contributed by atoms with E-state index < -0.39 is 0 Å². The van der Waals surface area contributed by atoms with Gasteiger partial charge in [-0.15, -0.1) is 0 Å². The van der Waals surface area contributed by atoms with Crippen molar-refractivity contribution in [2.75, 3.05) is 0 Å². The van der Waals surface area contributed by atoms with Gasteiger partial charge in [0.25, 0.3) is 0 Å². The monoisotopic (exact) mass is 318 g/mol. The molecule has 1 aromatic rings. The molecule has 0 amide bonds. The van der Waals surface area contributed by atoms with Gasteiger partial charge in [-0.25, -0.2) is 0 Å². The number of phenolic OH excluding ortho intramolecular Hbond substituents is 1. The number of aromatic hydroxyl groups is 1. The predicted octanol–water partition coefficient (Wildman–Crippen LogP) is 5.80. The van der Waals surface area contributed by atoms with Crippen LogP contribution < -0.4 is 0 Å². The predicted molar refractivity (Wildman–Crippen MR) is 98.2 cm³/mol. The molecule has 0 aliphatic carbocycles. The fraction of sp³-hybridized carbons (Fsp3) is 0.667. The molecule has 1 rings (SSSR count). The Kier molecular flexibility index (Phi) is 7.81. The molecule has 2 heteroatoms. The Labute approximate surface area is 142 Å². The van der Waals surface area contributed by atoms with Crippen LogP contribution in [0, 0.1) is 17.8 Å². The summed E-state index contributed by atoms with van der Waals surface area (Å²) in [7, 11) is 0. The number of carbonyl (C=O) groups excluding carboxylic acids is 1. The number of rotatable bonds is 9. The van der Waals surface area contributed by atoms with Crippen molar-refractivity contribution in [1.82, 2.24) is 0 Å². The van der Waals surface area contributed by atoms with Crippen molar-refractivity contribution in [2.24, 2.45) is 17.8 Å². The van der Waals surface area contributed by atoms with Gasteiger partial charge in [0.05, 0.1) is 0 Å². The molecule has 23 heavy (non-hydrogen) atoms. The number of ketones is 1. The maximum Gasteiger partial charge on any atom is 0.163 e. The molecule has 1 atom stereocenters. The number of carbonyl (C=O) groups is 1. The summed E-state index contributed by atoms with van der Waals surface area (Å²) in [4.78, 5) is 12.6. The Bertz CT molecular complexity index is 484. The van der Waals surface area contributed by atoms with Crippen LogP contribution in [0.25, 0.3) is 0 Å². The fourth-order valence-electron chi connectivity index (χ4n) is 3.14. The lowest BCUT2D eigenvalue weighted by Gasteiger charge is -2.16. The Balaban J connectivity index is 3.12. The molecular formula is C21H34O2. The van der Waals surface area contributed by atoms with Crippen LogP contribution in [0.5, 0.6) is 5.75 Å². The SMILES string of the molecule is CCCC(C)CC(=O)c1cc(CC(C)C)c(O)c(CC(C)C)c1. The van der Waals surface area contributed by atoms with Gasteiger partial charge in [0.15, 0.2) is 5.78 Å². The first-order valence-corrected chi connectivity index (χ1v) is 9.12. The van der Waals surface area contributed by atoms with E-state index in [1.165, 1.54) is 0 Å². The quantitative estimate of drug-likeness (QED) is 0.584. The van der Waals surface area contributed by atoms with Gasteiger partial charge in [-0.05, 0) is 53.9 Å². The lowest BCUT2D eigenvalue weighted by atomic mass is 9.89. The van der Waals surface area contributed by atoms with Gasteiger partial charge in [0, 0.05) is 12.0 Å². The topological polar surface area (TPSA) is 37.3 Å². The zero-order valence-corrected chi connectivity index (χ0v) is 15.8. The van der Waals surface area contributed by atoms with Crippen LogP contribution in [-0.4, -0.2) is 10.9 Å². The van der Waals surface area contributed by atoms with Crippen molar-refractivity contribution in [3.8, 4) is 5.75 Å². The minimum absolute atomic E-state index is 0.209. The Morgan fingerprint density at radius 3 is 1.87 bits per heavy atom. The highest BCUT2D eigenvalue weighted by Crippen LogP contribution is 2.30. The van der Waals surface area contributed by atoms with Crippen LogP contribution >= 0.6 is 0 Å². The van der Waals surface area contributed by atoms with Gasteiger partial charge in [-0.3, -0.25) is 4.79 Å². The molecule has 0 radical (unpaired) electrons. The Morgan fingerprint density at radius 1 is 1.00 bits per heavy atom. The minimum Gasteiger partial charge on any atom is -0.507 e. The highest BCUT2D eigenvalue weighted by Gasteiger charge is 2.17. The molecule has 1 unspecified atom stereocenters. The number of phenols is 1. The average molecular weight is 319 g/mol. The first kappa shape index (κ1) is 19.7. The Morgan fingerprint density at radius 2 is 1.48 bits per heavy atom. The van der Waals surface area contributed by atoms with E-state index in [1.54, 1.807) is 0 Å². The van der Waals surface area contributed by atoms with Gasteiger partial charge < -0.3 is 5.11 Å². The van der Waals surface area contributed by atoms with Crippen LogP contribution in [-0.2, 0) is 12.8 Å². The van der Waals surface area contributed by atoms with Crippen molar-refractivity contribution >= 4 is 5.78 Å². The molecule has 0 aromatic heterocycles. The molecular weight excluding hydrogens is 284 g/mol. The molecule has 0 saturated carbocycles. The molecule has 0 fully saturated rings. The van der Waals surface area contributed by atoms with Crippen molar-refractivity contribution in [1.29, 1.82) is 0 Å². The van der Waals surface area contributed by atoms with Gasteiger partial charge in [-0.1, -0.05) is 54.4 Å². The van der Waals surface area contributed by atoms with Crippen molar-refractivity contribution in [3.05, 3.63) is 28.8 Å². The average Bonchev–Trinajstić information content (AvgIpc) is 2.42. The second kappa shape index (κ2) is 9.10. The summed E-state index contributed by atoms with van der Waals surface area (Å²) in [5.41, 5.74) is 2.62. The van der Waals surface area contributed by atoms with Gasteiger partial charge in [0.1, 0.15) is 5.75 Å². The molecule has 0 aliphatic heterocycles. The largest absolute Gasteiger partial charge is 0.507 e. The van der Waals surface area contributed by atoms with Crippen LogP contribution in [0.4, 0.5) is 0 Å². The van der Waals surface area contributed by atoms with E-state index in [0.717, 1.165) is 42.4 Å². The molecule has 1 aromatic carbocycles. The third kappa shape index (κ3) is 6.37. The maximum absolute atomic E-state index is 12.6. The molecule has 0 saturated heterocycles. The fourth-order valence-corrected chi connectivity index (χ4v) is 3.14. The van der Waals surface area contributed by atoms with Gasteiger partial charge in [0.2, 0.25) is 0 Å². The molecule has 0 bridgehead atoms. The highest BCUT2D eigenvalue weighted by atomic mass is 16.3. The molecule has 1 N–H and O–H groups in total. The van der Waals surface area contributed by atoms with Crippen LogP contribution in [0.1, 0.15) is 82.3 Å². The van der Waals surface area contributed by atoms with Crippen molar-refractivity contribution in [2.45, 2.75) is 73.6 Å². The minimum atomic E-state index is 0.209. The van der Waals surface area contributed by atoms with Crippen molar-refractivity contribution in [3.63, 3.8) is 0 Å². The summed E-state index contributed by atoms with van der Waals surface area (Å²) < 4.78 is 0. The van der Waals surface area contributed by atoms with E-state index in [9.17, 15) is 9.90 Å². The number of hydrogen-bond acceptors (Lipinski definition) is 2. The molecule has 130 valence electrons. The Hall–Kier alpha value is -1.31. The van der Waals surface area contributed by atoms with Crippen LogP contribution in [0.2, 0.25) is 0 Å². The van der Waals surface area contributed by atoms with E-state index in [1.807, 2.05) is 12.1 Å². The smallest absolute Gasteiger partial charge is 0.163 e. The number of hydrogen-bond donors (Lipinski definition) is 1. The standard InChI is InChI=1S/C21H34O2/c1-7-8-16(6)11-20(22)17-12-18(9-14(2)3)21(23)19(13-17)10-15(4)5/h12-16,23H,7-11H2,1-6H3. The van der Waals surface area contributed by atoms with Crippen LogP contribution in [0.15, 0.2) is 12.1 Å². The van der Waals surface area contributed by atoms with E-state index in [0.29, 0.717) is 29.9 Å². The summed E-state index contributed by atoms with van der Waals surface area (Å²) in [6, 6.07) is 3.83. The highest BCUT2D eigenvalue weighted by molar-refractivity contribution is 5.96. The summed E-state index contributed by atoms with van der Waals surface area (Å²) in [5.74, 6) is 1.93. The third-order valence-corrected chi connectivity index (χ3v) is 4.16. The van der Waals surface area contributed by atoms with Gasteiger partial charge in [-0.2, -0.15) is 0 Å². The summed E-state index contributed by atoms with van der Waals surface area (Å²) in [6.45, 7) is 12.9. The molecule has 0 heterocycles.